The van der Waals surface area contributed by atoms with Gasteiger partial charge in [0.2, 0.25) is 5.91 Å². The monoisotopic (exact) mass is 327 g/mol. The minimum atomic E-state index is -0.567. The van der Waals surface area contributed by atoms with Crippen molar-refractivity contribution < 1.29 is 14.3 Å². The number of ether oxygens (including phenoxy) is 1. The summed E-state index contributed by atoms with van der Waals surface area (Å²) in [6.07, 6.45) is 5.76. The number of carbonyl (C=O) groups is 2. The Labute approximate surface area is 138 Å². The summed E-state index contributed by atoms with van der Waals surface area (Å²) in [4.78, 5) is 23.2. The van der Waals surface area contributed by atoms with Gasteiger partial charge in [-0.25, -0.2) is 4.79 Å². The normalized spacial score (nSPS) is 20.0. The number of hydrogen-bond acceptors (Lipinski definition) is 4. The molecule has 0 aromatic heterocycles. The molecule has 0 fully saturated rings. The quantitative estimate of drug-likeness (QED) is 0.576. The molecule has 1 amide bonds. The summed E-state index contributed by atoms with van der Waals surface area (Å²) in [5.41, 5.74) is 1.47. The van der Waals surface area contributed by atoms with Crippen molar-refractivity contribution in [1.82, 2.24) is 5.32 Å². The molecule has 0 spiro atoms. The van der Waals surface area contributed by atoms with Gasteiger partial charge >= 0.3 is 5.97 Å². The molecule has 0 radical (unpaired) electrons. The number of amides is 1. The zero-order valence-corrected chi connectivity index (χ0v) is 15.2. The Morgan fingerprint density at radius 1 is 1.50 bits per heavy atom. The number of carbonyl (C=O) groups excluding carboxylic acids is 2. The highest BCUT2D eigenvalue weighted by atomic mass is 32.2. The van der Waals surface area contributed by atoms with Gasteiger partial charge in [0.05, 0.1) is 6.61 Å². The van der Waals surface area contributed by atoms with Crippen LogP contribution in [0.4, 0.5) is 0 Å². The second-order valence-electron chi connectivity index (χ2n) is 6.44. The molecule has 126 valence electrons. The Bertz CT molecular complexity index is 432. The molecule has 1 unspecified atom stereocenters. The number of rotatable bonds is 7. The molecule has 2 atom stereocenters. The van der Waals surface area contributed by atoms with Gasteiger partial charge < -0.3 is 10.1 Å². The van der Waals surface area contributed by atoms with Crippen molar-refractivity contribution in [2.45, 2.75) is 64.7 Å². The van der Waals surface area contributed by atoms with Crippen LogP contribution in [0.15, 0.2) is 11.6 Å². The van der Waals surface area contributed by atoms with E-state index in [4.69, 9.17) is 4.74 Å². The van der Waals surface area contributed by atoms with Crippen molar-refractivity contribution in [1.29, 1.82) is 0 Å². The fourth-order valence-electron chi connectivity index (χ4n) is 2.67. The van der Waals surface area contributed by atoms with E-state index >= 15 is 0 Å². The minimum Gasteiger partial charge on any atom is -0.464 e. The molecule has 1 aliphatic rings. The first-order chi connectivity index (χ1) is 10.3. The molecule has 0 saturated carbocycles. The van der Waals surface area contributed by atoms with Gasteiger partial charge in [0.15, 0.2) is 0 Å². The topological polar surface area (TPSA) is 55.4 Å². The van der Waals surface area contributed by atoms with Crippen molar-refractivity contribution in [3.05, 3.63) is 11.6 Å². The molecule has 1 rings (SSSR count). The molecule has 0 aliphatic heterocycles. The molecule has 4 nitrogen and oxygen atoms in total. The second kappa shape index (κ2) is 8.61. The minimum absolute atomic E-state index is 0.0699. The SMILES string of the molecule is CCOC(=O)[C@H](CSC(C)(C)C1CC=C(C)CC1)NC(C)=O. The van der Waals surface area contributed by atoms with Crippen molar-refractivity contribution in [3.8, 4) is 0 Å². The van der Waals surface area contributed by atoms with E-state index in [-0.39, 0.29) is 16.6 Å². The number of thioether (sulfide) groups is 1. The summed E-state index contributed by atoms with van der Waals surface area (Å²) in [6.45, 7) is 10.2. The van der Waals surface area contributed by atoms with Gasteiger partial charge in [-0.1, -0.05) is 25.5 Å². The zero-order chi connectivity index (χ0) is 16.8. The summed E-state index contributed by atoms with van der Waals surface area (Å²) >= 11 is 1.75. The van der Waals surface area contributed by atoms with Gasteiger partial charge in [-0.05, 0) is 39.0 Å². The maximum atomic E-state index is 12.0. The Balaban J connectivity index is 2.61. The highest BCUT2D eigenvalue weighted by Gasteiger charge is 2.33. The van der Waals surface area contributed by atoms with E-state index in [2.05, 4.69) is 32.2 Å². The molecule has 0 aromatic rings. The fraction of sp³-hybridized carbons (Fsp3) is 0.765. The van der Waals surface area contributed by atoms with Crippen LogP contribution in [0, 0.1) is 5.92 Å². The molecule has 0 bridgehead atoms. The third-order valence-corrected chi connectivity index (χ3v) is 5.77. The lowest BCUT2D eigenvalue weighted by Crippen LogP contribution is -2.44. The van der Waals surface area contributed by atoms with Crippen LogP contribution in [0.5, 0.6) is 0 Å². The molecule has 5 heteroatoms. The Morgan fingerprint density at radius 3 is 2.68 bits per heavy atom. The average Bonchev–Trinajstić information content (AvgIpc) is 2.43. The number of hydrogen-bond donors (Lipinski definition) is 1. The van der Waals surface area contributed by atoms with Crippen LogP contribution in [-0.2, 0) is 14.3 Å². The van der Waals surface area contributed by atoms with Crippen LogP contribution in [0.1, 0.15) is 53.9 Å². The molecular weight excluding hydrogens is 298 g/mol. The lowest BCUT2D eigenvalue weighted by molar-refractivity contribution is -0.146. The largest absolute Gasteiger partial charge is 0.464 e. The van der Waals surface area contributed by atoms with E-state index in [0.717, 1.165) is 12.8 Å². The highest BCUT2D eigenvalue weighted by molar-refractivity contribution is 8.00. The van der Waals surface area contributed by atoms with E-state index in [1.54, 1.807) is 18.7 Å². The molecule has 1 N–H and O–H groups in total. The lowest BCUT2D eigenvalue weighted by Gasteiger charge is -2.36. The van der Waals surface area contributed by atoms with Crippen molar-refractivity contribution >= 4 is 23.6 Å². The first-order valence-corrected chi connectivity index (χ1v) is 8.98. The number of esters is 1. The average molecular weight is 327 g/mol. The van der Waals surface area contributed by atoms with Gasteiger partial charge in [0, 0.05) is 17.4 Å². The zero-order valence-electron chi connectivity index (χ0n) is 14.4. The van der Waals surface area contributed by atoms with Gasteiger partial charge in [-0.3, -0.25) is 4.79 Å². The van der Waals surface area contributed by atoms with Crippen molar-refractivity contribution in [2.24, 2.45) is 5.92 Å². The van der Waals surface area contributed by atoms with Crippen LogP contribution in [0.3, 0.4) is 0 Å². The Kier molecular flexibility index (Phi) is 7.46. The number of allylic oxidation sites excluding steroid dienone is 2. The predicted molar refractivity (Wildman–Crippen MR) is 91.9 cm³/mol. The van der Waals surface area contributed by atoms with Gasteiger partial charge in [-0.2, -0.15) is 11.8 Å². The highest BCUT2D eigenvalue weighted by Crippen LogP contribution is 2.40. The summed E-state index contributed by atoms with van der Waals surface area (Å²) < 4.78 is 5.12. The van der Waals surface area contributed by atoms with Crippen LogP contribution in [0.25, 0.3) is 0 Å². The van der Waals surface area contributed by atoms with Crippen LogP contribution < -0.4 is 5.32 Å². The Hall–Kier alpha value is -0.970. The van der Waals surface area contributed by atoms with E-state index in [0.29, 0.717) is 18.3 Å². The molecular formula is C17H29NO3S. The molecule has 1 aliphatic carbocycles. The van der Waals surface area contributed by atoms with E-state index < -0.39 is 6.04 Å². The summed E-state index contributed by atoms with van der Waals surface area (Å²) in [5, 5.41) is 2.70. The third kappa shape index (κ3) is 6.03. The smallest absolute Gasteiger partial charge is 0.329 e. The molecule has 0 saturated heterocycles. The maximum absolute atomic E-state index is 12.0. The van der Waals surface area contributed by atoms with Gasteiger partial charge in [0.1, 0.15) is 6.04 Å². The third-order valence-electron chi connectivity index (χ3n) is 4.19. The summed E-state index contributed by atoms with van der Waals surface area (Å²) in [7, 11) is 0. The van der Waals surface area contributed by atoms with E-state index in [1.807, 2.05) is 0 Å². The molecule has 0 heterocycles. The first-order valence-electron chi connectivity index (χ1n) is 7.99. The van der Waals surface area contributed by atoms with E-state index in [1.165, 1.54) is 18.9 Å². The molecule has 0 aromatic carbocycles. The summed E-state index contributed by atoms with van der Waals surface area (Å²) in [6, 6.07) is -0.567. The van der Waals surface area contributed by atoms with Crippen LogP contribution in [0.2, 0.25) is 0 Å². The fourth-order valence-corrected chi connectivity index (χ4v) is 3.93. The second-order valence-corrected chi connectivity index (χ2v) is 8.12. The van der Waals surface area contributed by atoms with Crippen molar-refractivity contribution in [2.75, 3.05) is 12.4 Å². The van der Waals surface area contributed by atoms with Gasteiger partial charge in [0.25, 0.3) is 0 Å². The van der Waals surface area contributed by atoms with Crippen LogP contribution >= 0.6 is 11.8 Å². The van der Waals surface area contributed by atoms with Gasteiger partial charge in [-0.15, -0.1) is 0 Å². The number of nitrogens with one attached hydrogen (secondary N) is 1. The molecule has 22 heavy (non-hydrogen) atoms. The Morgan fingerprint density at radius 2 is 2.18 bits per heavy atom. The standard InChI is InChI=1S/C17H29NO3S/c1-6-21-16(20)15(18-13(3)19)11-22-17(4,5)14-9-7-12(2)8-10-14/h7,14-15H,6,8-11H2,1-5H3,(H,18,19)/t14?,15-/m0/s1. The lowest BCUT2D eigenvalue weighted by atomic mass is 9.82. The van der Waals surface area contributed by atoms with Crippen molar-refractivity contribution in [3.63, 3.8) is 0 Å². The first kappa shape index (κ1) is 19.1. The predicted octanol–water partition coefficient (Wildman–Crippen LogP) is 3.31. The maximum Gasteiger partial charge on any atom is 0.329 e. The summed E-state index contributed by atoms with van der Waals surface area (Å²) in [5.74, 6) is 0.597. The van der Waals surface area contributed by atoms with Crippen LogP contribution in [-0.4, -0.2) is 35.0 Å². The van der Waals surface area contributed by atoms with E-state index in [9.17, 15) is 9.59 Å².